The first-order valence-corrected chi connectivity index (χ1v) is 7.46. The molecule has 0 fully saturated rings. The molecule has 0 saturated heterocycles. The highest BCUT2D eigenvalue weighted by Gasteiger charge is 2.02. The van der Waals surface area contributed by atoms with Crippen molar-refractivity contribution >= 4 is 22.7 Å². The molecule has 0 aliphatic carbocycles. The topological polar surface area (TPSA) is 46.5 Å². The van der Waals surface area contributed by atoms with Gasteiger partial charge in [-0.15, -0.1) is 11.3 Å². The molecular weight excluding hydrogens is 270 g/mol. The summed E-state index contributed by atoms with van der Waals surface area (Å²) < 4.78 is 5.77. The second-order valence-electron chi connectivity index (χ2n) is 4.91. The number of rotatable bonds is 6. The molecule has 5 heteroatoms. The molecule has 1 aromatic heterocycles. The molecule has 0 radical (unpaired) electrons. The highest BCUT2D eigenvalue weighted by atomic mass is 32.1. The number of nitrogens with one attached hydrogen (secondary N) is 1. The van der Waals surface area contributed by atoms with E-state index in [1.165, 1.54) is 11.3 Å². The van der Waals surface area contributed by atoms with Crippen molar-refractivity contribution in [2.24, 2.45) is 11.0 Å². The van der Waals surface area contributed by atoms with Crippen LogP contribution in [0.2, 0.25) is 0 Å². The molecule has 0 saturated carbocycles. The third-order valence-corrected chi connectivity index (χ3v) is 3.34. The molecule has 1 aromatic carbocycles. The Morgan fingerprint density at radius 1 is 1.40 bits per heavy atom. The molecule has 106 valence electrons. The Morgan fingerprint density at radius 2 is 2.20 bits per heavy atom. The molecule has 0 aliphatic heterocycles. The summed E-state index contributed by atoms with van der Waals surface area (Å²) in [5.74, 6) is 1.35. The van der Waals surface area contributed by atoms with Crippen LogP contribution in [0.3, 0.4) is 0 Å². The summed E-state index contributed by atoms with van der Waals surface area (Å²) in [6, 6.07) is 7.87. The zero-order valence-electron chi connectivity index (χ0n) is 12.0. The molecule has 0 amide bonds. The fraction of sp³-hybridized carbons (Fsp3) is 0.333. The monoisotopic (exact) mass is 289 g/mol. The first-order valence-electron chi connectivity index (χ1n) is 6.58. The van der Waals surface area contributed by atoms with E-state index in [9.17, 15) is 0 Å². The van der Waals surface area contributed by atoms with Gasteiger partial charge in [-0.25, -0.2) is 4.98 Å². The van der Waals surface area contributed by atoms with Crippen LogP contribution in [0.4, 0.5) is 5.13 Å². The average Bonchev–Trinajstić information content (AvgIpc) is 2.83. The molecular formula is C15H19N3OS. The smallest absolute Gasteiger partial charge is 0.203 e. The van der Waals surface area contributed by atoms with Crippen molar-refractivity contribution in [3.05, 3.63) is 40.9 Å². The maximum absolute atomic E-state index is 5.77. The number of thiazole rings is 1. The number of para-hydroxylation sites is 1. The van der Waals surface area contributed by atoms with Gasteiger partial charge in [0.25, 0.3) is 0 Å². The summed E-state index contributed by atoms with van der Waals surface area (Å²) in [5, 5.41) is 6.98. The standard InChI is InChI=1S/C15H19N3OS/c1-11(2)9-19-14-7-5-4-6-13(14)8-16-18-15-17-12(3)10-20-15/h4-8,10-11H,9H2,1-3H3,(H,17,18). The van der Waals surface area contributed by atoms with Crippen molar-refractivity contribution < 1.29 is 4.74 Å². The molecule has 0 bridgehead atoms. The maximum atomic E-state index is 5.77. The van der Waals surface area contributed by atoms with E-state index in [4.69, 9.17) is 4.74 Å². The van der Waals surface area contributed by atoms with Gasteiger partial charge in [0.2, 0.25) is 5.13 Å². The van der Waals surface area contributed by atoms with Crippen LogP contribution in [0.15, 0.2) is 34.7 Å². The van der Waals surface area contributed by atoms with Gasteiger partial charge in [-0.2, -0.15) is 5.10 Å². The molecule has 1 heterocycles. The predicted octanol–water partition coefficient (Wildman–Crippen LogP) is 3.93. The van der Waals surface area contributed by atoms with Crippen LogP contribution < -0.4 is 10.2 Å². The summed E-state index contributed by atoms with van der Waals surface area (Å²) in [5.41, 5.74) is 4.87. The normalized spacial score (nSPS) is 11.2. The van der Waals surface area contributed by atoms with E-state index in [1.54, 1.807) is 6.21 Å². The predicted molar refractivity (Wildman–Crippen MR) is 84.8 cm³/mol. The summed E-state index contributed by atoms with van der Waals surface area (Å²) in [7, 11) is 0. The number of aromatic nitrogens is 1. The van der Waals surface area contributed by atoms with E-state index in [0.29, 0.717) is 12.5 Å². The maximum Gasteiger partial charge on any atom is 0.203 e. The molecule has 2 aromatic rings. The number of benzene rings is 1. The molecule has 2 rings (SSSR count). The van der Waals surface area contributed by atoms with Crippen LogP contribution in [0, 0.1) is 12.8 Å². The quantitative estimate of drug-likeness (QED) is 0.647. The van der Waals surface area contributed by atoms with Crippen LogP contribution in [0.5, 0.6) is 5.75 Å². The first kappa shape index (κ1) is 14.5. The van der Waals surface area contributed by atoms with E-state index in [2.05, 4.69) is 29.4 Å². The highest BCUT2D eigenvalue weighted by molar-refractivity contribution is 7.13. The third-order valence-electron chi connectivity index (χ3n) is 2.47. The lowest BCUT2D eigenvalue weighted by atomic mass is 10.2. The number of anilines is 1. The van der Waals surface area contributed by atoms with Crippen molar-refractivity contribution in [2.75, 3.05) is 12.0 Å². The van der Waals surface area contributed by atoms with E-state index >= 15 is 0 Å². The first-order chi connectivity index (χ1) is 9.65. The minimum absolute atomic E-state index is 0.497. The Kier molecular flexibility index (Phi) is 5.12. The summed E-state index contributed by atoms with van der Waals surface area (Å²) in [6.45, 7) is 6.91. The average molecular weight is 289 g/mol. The molecule has 0 unspecified atom stereocenters. The summed E-state index contributed by atoms with van der Waals surface area (Å²) in [6.07, 6.45) is 1.76. The Morgan fingerprint density at radius 3 is 2.90 bits per heavy atom. The van der Waals surface area contributed by atoms with E-state index in [0.717, 1.165) is 22.1 Å². The molecule has 1 N–H and O–H groups in total. The van der Waals surface area contributed by atoms with Crippen LogP contribution in [-0.2, 0) is 0 Å². The van der Waals surface area contributed by atoms with Gasteiger partial charge in [-0.05, 0) is 25.0 Å². The van der Waals surface area contributed by atoms with E-state index < -0.39 is 0 Å². The van der Waals surface area contributed by atoms with Crippen molar-refractivity contribution in [2.45, 2.75) is 20.8 Å². The van der Waals surface area contributed by atoms with E-state index in [-0.39, 0.29) is 0 Å². The Hall–Kier alpha value is -1.88. The number of hydrazone groups is 1. The fourth-order valence-corrected chi connectivity index (χ4v) is 2.17. The molecule has 0 aliphatic rings. The SMILES string of the molecule is Cc1csc(NN=Cc2ccccc2OCC(C)C)n1. The lowest BCUT2D eigenvalue weighted by molar-refractivity contribution is 0.271. The van der Waals surface area contributed by atoms with Crippen molar-refractivity contribution in [1.29, 1.82) is 0 Å². The van der Waals surface area contributed by atoms with Crippen LogP contribution in [-0.4, -0.2) is 17.8 Å². The van der Waals surface area contributed by atoms with Crippen molar-refractivity contribution in [3.8, 4) is 5.75 Å². The van der Waals surface area contributed by atoms with Crippen molar-refractivity contribution in [1.82, 2.24) is 4.98 Å². The number of ether oxygens (including phenoxy) is 1. The van der Waals surface area contributed by atoms with Gasteiger partial charge in [0.15, 0.2) is 0 Å². The summed E-state index contributed by atoms with van der Waals surface area (Å²) in [4.78, 5) is 4.29. The zero-order valence-corrected chi connectivity index (χ0v) is 12.8. The van der Waals surface area contributed by atoms with E-state index in [1.807, 2.05) is 36.6 Å². The zero-order chi connectivity index (χ0) is 14.4. The largest absolute Gasteiger partial charge is 0.493 e. The van der Waals surface area contributed by atoms with Crippen LogP contribution >= 0.6 is 11.3 Å². The van der Waals surface area contributed by atoms with Gasteiger partial charge < -0.3 is 4.74 Å². The second-order valence-corrected chi connectivity index (χ2v) is 5.76. The van der Waals surface area contributed by atoms with Crippen LogP contribution in [0.1, 0.15) is 25.1 Å². The lowest BCUT2D eigenvalue weighted by Crippen LogP contribution is -2.06. The number of aryl methyl sites for hydroxylation is 1. The summed E-state index contributed by atoms with van der Waals surface area (Å²) >= 11 is 1.54. The van der Waals surface area contributed by atoms with Gasteiger partial charge in [0.05, 0.1) is 18.5 Å². The van der Waals surface area contributed by atoms with Gasteiger partial charge in [0, 0.05) is 10.9 Å². The fourth-order valence-electron chi connectivity index (χ4n) is 1.54. The minimum atomic E-state index is 0.497. The highest BCUT2D eigenvalue weighted by Crippen LogP contribution is 2.17. The molecule has 20 heavy (non-hydrogen) atoms. The molecule has 4 nitrogen and oxygen atoms in total. The third kappa shape index (κ3) is 4.35. The van der Waals surface area contributed by atoms with Gasteiger partial charge >= 0.3 is 0 Å². The minimum Gasteiger partial charge on any atom is -0.493 e. The van der Waals surface area contributed by atoms with Gasteiger partial charge in [-0.3, -0.25) is 5.43 Å². The number of hydrogen-bond acceptors (Lipinski definition) is 5. The number of hydrogen-bond donors (Lipinski definition) is 1. The van der Waals surface area contributed by atoms with Gasteiger partial charge in [0.1, 0.15) is 5.75 Å². The lowest BCUT2D eigenvalue weighted by Gasteiger charge is -2.10. The van der Waals surface area contributed by atoms with Crippen molar-refractivity contribution in [3.63, 3.8) is 0 Å². The Bertz CT molecular complexity index is 578. The Balaban J connectivity index is 2.01. The van der Waals surface area contributed by atoms with Gasteiger partial charge in [-0.1, -0.05) is 26.0 Å². The van der Waals surface area contributed by atoms with Crippen LogP contribution in [0.25, 0.3) is 0 Å². The second kappa shape index (κ2) is 7.05. The molecule has 0 atom stereocenters. The molecule has 0 spiro atoms. The Labute approximate surface area is 123 Å². The number of nitrogens with zero attached hydrogens (tertiary/aromatic N) is 2.